The Hall–Kier alpha value is -2.45. The zero-order chi connectivity index (χ0) is 19.2. The molecule has 0 aliphatic heterocycles. The van der Waals surface area contributed by atoms with Crippen molar-refractivity contribution in [1.29, 1.82) is 0 Å². The molecule has 0 spiro atoms. The Labute approximate surface area is 178 Å². The minimum absolute atomic E-state index is 0.180. The van der Waals surface area contributed by atoms with Gasteiger partial charge in [0.25, 0.3) is 0 Å². The van der Waals surface area contributed by atoms with Gasteiger partial charge in [0, 0.05) is 0 Å². The van der Waals surface area contributed by atoms with Crippen LogP contribution in [0.3, 0.4) is 0 Å². The van der Waals surface area contributed by atoms with Gasteiger partial charge in [-0.25, -0.2) is 0 Å². The molecule has 0 saturated carbocycles. The van der Waals surface area contributed by atoms with Crippen molar-refractivity contribution in [3.05, 3.63) is 144 Å². The van der Waals surface area contributed by atoms with Gasteiger partial charge < -0.3 is 0 Å². The van der Waals surface area contributed by atoms with Crippen LogP contribution in [0.4, 0.5) is 0 Å². The van der Waals surface area contributed by atoms with E-state index >= 15 is 0 Å². The average molecular weight is 397 g/mol. The van der Waals surface area contributed by atoms with Crippen LogP contribution in [-0.2, 0) is 29.6 Å². The number of benzene rings is 4. The van der Waals surface area contributed by atoms with Crippen molar-refractivity contribution in [2.75, 3.05) is 0 Å². The van der Waals surface area contributed by atoms with Crippen LogP contribution in [0.2, 0.25) is 0 Å². The first-order chi connectivity index (χ1) is 13.9. The maximum absolute atomic E-state index is 6.27. The van der Waals surface area contributed by atoms with Gasteiger partial charge >= 0.3 is 179 Å². The summed E-state index contributed by atoms with van der Waals surface area (Å²) in [5, 5.41) is 0. The fraction of sp³-hybridized carbons (Fsp3) is 0.0769. The Kier molecular flexibility index (Phi) is 5.88. The van der Waals surface area contributed by atoms with E-state index in [1.165, 1.54) is 16.7 Å². The first-order valence-corrected chi connectivity index (χ1v) is 10.0. The maximum atomic E-state index is 6.27. The molecule has 0 fully saturated rings. The molecule has 1 atom stereocenters. The van der Waals surface area contributed by atoms with Crippen molar-refractivity contribution < 1.29 is 24.1 Å². The summed E-state index contributed by atoms with van der Waals surface area (Å²) < 4.78 is 6.27. The van der Waals surface area contributed by atoms with Crippen molar-refractivity contribution >= 4 is 0 Å². The quantitative estimate of drug-likeness (QED) is 0.276. The van der Waals surface area contributed by atoms with Crippen molar-refractivity contribution in [2.24, 2.45) is 0 Å². The average Bonchev–Trinajstić information content (AvgIpc) is 2.80. The summed E-state index contributed by atoms with van der Waals surface area (Å²) in [6.45, 7) is 0. The number of rotatable bonds is 6. The van der Waals surface area contributed by atoms with Crippen molar-refractivity contribution in [3.8, 4) is 0 Å². The standard InChI is InChI=1S/C26H21O.Ti/c27-25(21-13-5-1-6-14-21)26(22-15-7-2-8-16-22,23-17-9-3-10-18-23)24-19-11-4-12-20-24;/h1-20,25H;/q-1;+1. The van der Waals surface area contributed by atoms with Gasteiger partial charge in [-0.15, -0.1) is 0 Å². The molecule has 0 N–H and O–H groups in total. The van der Waals surface area contributed by atoms with Crippen LogP contribution in [-0.4, -0.2) is 0 Å². The summed E-state index contributed by atoms with van der Waals surface area (Å²) in [4.78, 5) is 0. The third-order valence-electron chi connectivity index (χ3n) is 5.30. The van der Waals surface area contributed by atoms with E-state index in [-0.39, 0.29) is 6.10 Å². The van der Waals surface area contributed by atoms with Gasteiger partial charge in [-0.1, -0.05) is 0 Å². The predicted molar refractivity (Wildman–Crippen MR) is 109 cm³/mol. The molecule has 4 rings (SSSR count). The predicted octanol–water partition coefficient (Wildman–Crippen LogP) is 6.24. The molecule has 1 nitrogen and oxygen atoms in total. The fourth-order valence-electron chi connectivity index (χ4n) is 4.09. The Morgan fingerprint density at radius 1 is 0.500 bits per heavy atom. The summed E-state index contributed by atoms with van der Waals surface area (Å²) in [5.74, 6) is 0. The van der Waals surface area contributed by atoms with E-state index in [0.29, 0.717) is 0 Å². The first-order valence-electron chi connectivity index (χ1n) is 9.41. The van der Waals surface area contributed by atoms with Gasteiger partial charge in [0.2, 0.25) is 0 Å². The molecular weight excluding hydrogens is 376 g/mol. The summed E-state index contributed by atoms with van der Waals surface area (Å²) in [5.41, 5.74) is 4.32. The molecule has 28 heavy (non-hydrogen) atoms. The molecule has 2 heteroatoms. The first kappa shape index (κ1) is 18.9. The monoisotopic (exact) mass is 397 g/mol. The van der Waals surface area contributed by atoms with E-state index in [1.54, 1.807) is 20.8 Å². The second-order valence-corrected chi connectivity index (χ2v) is 7.18. The van der Waals surface area contributed by atoms with E-state index < -0.39 is 5.41 Å². The van der Waals surface area contributed by atoms with Gasteiger partial charge in [0.15, 0.2) is 0 Å². The Morgan fingerprint density at radius 3 is 1.14 bits per heavy atom. The van der Waals surface area contributed by atoms with Crippen LogP contribution in [0.15, 0.2) is 121 Å². The van der Waals surface area contributed by atoms with Crippen LogP contribution < -0.4 is 0 Å². The zero-order valence-corrected chi connectivity index (χ0v) is 17.1. The molecule has 0 aliphatic carbocycles. The summed E-state index contributed by atoms with van der Waals surface area (Å²) >= 11 is 1.81. The molecule has 0 saturated heterocycles. The number of hydrogen-bond acceptors (Lipinski definition) is 1. The normalized spacial score (nSPS) is 12.4. The molecule has 4 aromatic rings. The van der Waals surface area contributed by atoms with E-state index in [9.17, 15) is 0 Å². The molecule has 1 unspecified atom stereocenters. The van der Waals surface area contributed by atoms with E-state index in [4.69, 9.17) is 3.32 Å². The van der Waals surface area contributed by atoms with Crippen LogP contribution in [0.25, 0.3) is 0 Å². The Morgan fingerprint density at radius 2 is 0.821 bits per heavy atom. The van der Waals surface area contributed by atoms with Crippen LogP contribution in [0, 0.1) is 0 Å². The fourth-order valence-corrected chi connectivity index (χ4v) is 4.58. The third-order valence-corrected chi connectivity index (χ3v) is 5.67. The molecule has 4 aromatic carbocycles. The molecule has 0 aliphatic rings. The Balaban J connectivity index is 2.10. The van der Waals surface area contributed by atoms with Crippen molar-refractivity contribution in [1.82, 2.24) is 0 Å². The third kappa shape index (κ3) is 3.38. The molecule has 0 heterocycles. The zero-order valence-electron chi connectivity index (χ0n) is 15.5. The second-order valence-electron chi connectivity index (χ2n) is 6.81. The summed E-state index contributed by atoms with van der Waals surface area (Å²) in [6.07, 6.45) is -0.180. The van der Waals surface area contributed by atoms with E-state index in [2.05, 4.69) is 115 Å². The molecular formula is C26H21OTi. The second kappa shape index (κ2) is 8.71. The van der Waals surface area contributed by atoms with Crippen molar-refractivity contribution in [3.63, 3.8) is 0 Å². The number of hydrogen-bond donors (Lipinski definition) is 0. The summed E-state index contributed by atoms with van der Waals surface area (Å²) in [6, 6.07) is 42.5. The van der Waals surface area contributed by atoms with Gasteiger partial charge in [-0.05, 0) is 0 Å². The molecule has 0 aromatic heterocycles. The van der Waals surface area contributed by atoms with Crippen molar-refractivity contribution in [2.45, 2.75) is 11.5 Å². The van der Waals surface area contributed by atoms with Gasteiger partial charge in [0.1, 0.15) is 0 Å². The van der Waals surface area contributed by atoms with Crippen LogP contribution >= 0.6 is 0 Å². The van der Waals surface area contributed by atoms with Gasteiger partial charge in [-0.2, -0.15) is 0 Å². The minimum atomic E-state index is -0.472. The van der Waals surface area contributed by atoms with Gasteiger partial charge in [-0.3, -0.25) is 0 Å². The molecule has 0 radical (unpaired) electrons. The molecule has 0 amide bonds. The van der Waals surface area contributed by atoms with Crippen LogP contribution in [0.1, 0.15) is 28.4 Å². The van der Waals surface area contributed by atoms with E-state index in [1.807, 2.05) is 6.07 Å². The van der Waals surface area contributed by atoms with Crippen LogP contribution in [0.5, 0.6) is 0 Å². The Bertz CT molecular complexity index is 889. The SMILES string of the molecule is [Ti][O]C(c1ccccc1)C(c1ccccc1)(c1ccccc1)c1ccccc1. The molecule has 0 bridgehead atoms. The molecule has 135 valence electrons. The van der Waals surface area contributed by atoms with Gasteiger partial charge in [0.05, 0.1) is 0 Å². The summed E-state index contributed by atoms with van der Waals surface area (Å²) in [7, 11) is 0. The van der Waals surface area contributed by atoms with E-state index in [0.717, 1.165) is 5.56 Å². The topological polar surface area (TPSA) is 9.23 Å².